The van der Waals surface area contributed by atoms with Gasteiger partial charge in [0.25, 0.3) is 0 Å². The third kappa shape index (κ3) is 8.04. The number of carboxylic acids is 1. The lowest BCUT2D eigenvalue weighted by Crippen LogP contribution is -2.27. The number of aliphatic carboxylic acids is 1. The summed E-state index contributed by atoms with van der Waals surface area (Å²) in [5.41, 5.74) is 0.0590. The summed E-state index contributed by atoms with van der Waals surface area (Å²) in [6.45, 7) is 5.81. The van der Waals surface area contributed by atoms with Crippen LogP contribution < -0.4 is 5.84 Å². The van der Waals surface area contributed by atoms with Crippen LogP contribution in [0.3, 0.4) is 0 Å². The van der Waals surface area contributed by atoms with E-state index in [9.17, 15) is 9.59 Å². The number of nitrogens with two attached hydrogens (primary N) is 1. The zero-order chi connectivity index (χ0) is 14.9. The molecular formula is C12H21N3O4. The molecule has 3 N–H and O–H groups in total. The molecule has 0 rings (SSSR count). The highest BCUT2D eigenvalue weighted by Gasteiger charge is 2.22. The minimum Gasteiger partial charge on any atom is -0.481 e. The molecule has 108 valence electrons. The lowest BCUT2D eigenvalue weighted by atomic mass is 9.88. The molecule has 1 unspecified atom stereocenters. The van der Waals surface area contributed by atoms with Crippen LogP contribution in [0.15, 0.2) is 10.1 Å². The molecule has 0 heterocycles. The van der Waals surface area contributed by atoms with Gasteiger partial charge < -0.3 is 20.5 Å². The SMILES string of the molecule is CC(C)(C)C(C=O)N=C/C(COCCC(=O)O)=N\N. The zero-order valence-corrected chi connectivity index (χ0v) is 11.5. The van der Waals surface area contributed by atoms with E-state index in [2.05, 4.69) is 10.1 Å². The summed E-state index contributed by atoms with van der Waals surface area (Å²) in [7, 11) is 0. The van der Waals surface area contributed by atoms with E-state index in [1.54, 1.807) is 0 Å². The number of ether oxygens (including phenoxy) is 1. The van der Waals surface area contributed by atoms with Gasteiger partial charge in [-0.25, -0.2) is 0 Å². The van der Waals surface area contributed by atoms with Crippen molar-refractivity contribution in [2.24, 2.45) is 21.4 Å². The predicted molar refractivity (Wildman–Crippen MR) is 72.5 cm³/mol. The summed E-state index contributed by atoms with van der Waals surface area (Å²) in [6.07, 6.45) is 2.05. The fraction of sp³-hybridized carbons (Fsp3) is 0.667. The van der Waals surface area contributed by atoms with Crippen molar-refractivity contribution in [2.45, 2.75) is 33.2 Å². The van der Waals surface area contributed by atoms with Crippen molar-refractivity contribution < 1.29 is 19.4 Å². The molecule has 0 bridgehead atoms. The van der Waals surface area contributed by atoms with Crippen molar-refractivity contribution in [2.75, 3.05) is 13.2 Å². The van der Waals surface area contributed by atoms with Crippen LogP contribution in [0.1, 0.15) is 27.2 Å². The van der Waals surface area contributed by atoms with E-state index >= 15 is 0 Å². The van der Waals surface area contributed by atoms with E-state index in [-0.39, 0.29) is 25.0 Å². The Labute approximate surface area is 112 Å². The number of carboxylic acid groups (broad SMARTS) is 1. The second-order valence-corrected chi connectivity index (χ2v) is 5.04. The molecule has 0 aromatic carbocycles. The Bertz CT molecular complexity index is 358. The van der Waals surface area contributed by atoms with Crippen molar-refractivity contribution in [3.63, 3.8) is 0 Å². The highest BCUT2D eigenvalue weighted by molar-refractivity contribution is 6.31. The third-order valence-electron chi connectivity index (χ3n) is 2.28. The van der Waals surface area contributed by atoms with E-state index in [0.29, 0.717) is 5.71 Å². The van der Waals surface area contributed by atoms with Crippen LogP contribution in [0.2, 0.25) is 0 Å². The van der Waals surface area contributed by atoms with Gasteiger partial charge in [0.2, 0.25) is 0 Å². The van der Waals surface area contributed by atoms with Crippen LogP contribution in [0.4, 0.5) is 0 Å². The second kappa shape index (κ2) is 8.36. The standard InChI is InChI=1S/C12H21N3O4/c1-12(2,3)10(7-16)14-6-9(15-13)8-19-5-4-11(17)18/h6-7,10H,4-5,8,13H2,1-3H3,(H,17,18)/b14-6?,15-9+. The van der Waals surface area contributed by atoms with Gasteiger partial charge in [0, 0.05) is 6.21 Å². The van der Waals surface area contributed by atoms with Crippen LogP contribution in [0.25, 0.3) is 0 Å². The van der Waals surface area contributed by atoms with Crippen LogP contribution in [0.5, 0.6) is 0 Å². The normalized spacial score (nSPS) is 14.6. The van der Waals surface area contributed by atoms with Gasteiger partial charge >= 0.3 is 5.97 Å². The van der Waals surface area contributed by atoms with Gasteiger partial charge in [0.15, 0.2) is 0 Å². The molecule has 0 amide bonds. The Kier molecular flexibility index (Phi) is 7.59. The lowest BCUT2D eigenvalue weighted by Gasteiger charge is -2.21. The minimum atomic E-state index is -0.936. The van der Waals surface area contributed by atoms with Gasteiger partial charge in [-0.2, -0.15) is 5.10 Å². The van der Waals surface area contributed by atoms with Crippen LogP contribution in [-0.2, 0) is 14.3 Å². The third-order valence-corrected chi connectivity index (χ3v) is 2.28. The van der Waals surface area contributed by atoms with Crippen molar-refractivity contribution in [1.29, 1.82) is 0 Å². The van der Waals surface area contributed by atoms with Crippen molar-refractivity contribution >= 4 is 24.2 Å². The molecule has 7 nitrogen and oxygen atoms in total. The molecule has 0 aromatic heterocycles. The Morgan fingerprint density at radius 2 is 2.11 bits per heavy atom. The maximum absolute atomic E-state index is 10.9. The average Bonchev–Trinajstić information content (AvgIpc) is 2.30. The van der Waals surface area contributed by atoms with E-state index in [1.807, 2.05) is 20.8 Å². The predicted octanol–water partition coefficient (Wildman–Crippen LogP) is 0.477. The quantitative estimate of drug-likeness (QED) is 0.219. The molecule has 0 aliphatic heterocycles. The van der Waals surface area contributed by atoms with Crippen molar-refractivity contribution in [3.8, 4) is 0 Å². The number of carbonyl (C=O) groups is 2. The number of aldehydes is 1. The Morgan fingerprint density at radius 3 is 2.53 bits per heavy atom. The molecular weight excluding hydrogens is 250 g/mol. The van der Waals surface area contributed by atoms with Crippen LogP contribution in [-0.4, -0.2) is 48.5 Å². The van der Waals surface area contributed by atoms with Crippen molar-refractivity contribution in [3.05, 3.63) is 0 Å². The first kappa shape index (κ1) is 17.2. The summed E-state index contributed by atoms with van der Waals surface area (Å²) in [6, 6.07) is -0.497. The number of nitrogens with zero attached hydrogens (tertiary/aromatic N) is 2. The maximum atomic E-state index is 10.9. The number of hydrazone groups is 1. The highest BCUT2D eigenvalue weighted by Crippen LogP contribution is 2.20. The number of carbonyl (C=O) groups excluding carboxylic acids is 1. The molecule has 0 spiro atoms. The molecule has 7 heteroatoms. The zero-order valence-electron chi connectivity index (χ0n) is 11.5. The fourth-order valence-electron chi connectivity index (χ4n) is 1.07. The van der Waals surface area contributed by atoms with Gasteiger partial charge in [0.1, 0.15) is 18.0 Å². The summed E-state index contributed by atoms with van der Waals surface area (Å²) >= 11 is 0. The van der Waals surface area contributed by atoms with Gasteiger partial charge in [-0.1, -0.05) is 20.8 Å². The summed E-state index contributed by atoms with van der Waals surface area (Å²) in [5.74, 6) is 4.23. The topological polar surface area (TPSA) is 114 Å². The van der Waals surface area contributed by atoms with Crippen molar-refractivity contribution in [1.82, 2.24) is 0 Å². The lowest BCUT2D eigenvalue weighted by molar-refractivity contribution is -0.138. The molecule has 0 aliphatic rings. The van der Waals surface area contributed by atoms with Gasteiger partial charge in [-0.3, -0.25) is 9.79 Å². The number of rotatable bonds is 8. The Morgan fingerprint density at radius 1 is 1.47 bits per heavy atom. The van der Waals surface area contributed by atoms with E-state index in [0.717, 1.165) is 6.29 Å². The second-order valence-electron chi connectivity index (χ2n) is 5.04. The Hall–Kier alpha value is -1.76. The van der Waals surface area contributed by atoms with Gasteiger partial charge in [0.05, 0.1) is 19.6 Å². The average molecular weight is 271 g/mol. The van der Waals surface area contributed by atoms with Crippen LogP contribution >= 0.6 is 0 Å². The maximum Gasteiger partial charge on any atom is 0.305 e. The van der Waals surface area contributed by atoms with Gasteiger partial charge in [-0.05, 0) is 5.41 Å². The first-order chi connectivity index (χ1) is 8.81. The molecule has 1 atom stereocenters. The van der Waals surface area contributed by atoms with Crippen LogP contribution in [0, 0.1) is 5.41 Å². The largest absolute Gasteiger partial charge is 0.481 e. The molecule has 0 saturated carbocycles. The smallest absolute Gasteiger partial charge is 0.305 e. The first-order valence-electron chi connectivity index (χ1n) is 5.86. The fourth-order valence-corrected chi connectivity index (χ4v) is 1.07. The molecule has 0 radical (unpaired) electrons. The number of hydrogen-bond donors (Lipinski definition) is 2. The monoisotopic (exact) mass is 271 g/mol. The first-order valence-corrected chi connectivity index (χ1v) is 5.86. The summed E-state index contributed by atoms with van der Waals surface area (Å²) in [5, 5.41) is 11.9. The molecule has 19 heavy (non-hydrogen) atoms. The number of hydrogen-bond acceptors (Lipinski definition) is 6. The van der Waals surface area contributed by atoms with Gasteiger partial charge in [-0.15, -0.1) is 0 Å². The summed E-state index contributed by atoms with van der Waals surface area (Å²) < 4.78 is 5.08. The summed E-state index contributed by atoms with van der Waals surface area (Å²) in [4.78, 5) is 25.3. The van der Waals surface area contributed by atoms with E-state index < -0.39 is 12.0 Å². The minimum absolute atomic E-state index is 0.0585. The number of aliphatic imine (C=N–C) groups is 1. The Balaban J connectivity index is 4.33. The molecule has 0 fully saturated rings. The van der Waals surface area contributed by atoms with E-state index in [1.165, 1.54) is 6.21 Å². The molecule has 0 saturated heterocycles. The molecule has 0 aliphatic carbocycles. The van der Waals surface area contributed by atoms with E-state index in [4.69, 9.17) is 15.7 Å². The molecule has 0 aromatic rings. The highest BCUT2D eigenvalue weighted by atomic mass is 16.5.